The van der Waals surface area contributed by atoms with Crippen LogP contribution < -0.4 is 10.2 Å². The number of rotatable bonds is 10. The highest BCUT2D eigenvalue weighted by Gasteiger charge is 2.34. The average molecular weight is 553 g/mol. The van der Waals surface area contributed by atoms with Crippen LogP contribution in [0.15, 0.2) is 29.3 Å². The standard InChI is InChI=1S/C27H30F2N8OS/c1-36-12-20(30-22(36)13-38-3)24-23(15-7-8-15)26(31-21-11-19(34-35-21)14-5-6-14)33-27(32-24)37(2)25-17(28)9-16(39-4)10-18(25)29/h9-12,14-15H,5-8,13H2,1-4H3,(H2,31,32,33,34,35). The number of thioether (sulfide) groups is 1. The van der Waals surface area contributed by atoms with Gasteiger partial charge in [-0.2, -0.15) is 10.1 Å². The van der Waals surface area contributed by atoms with E-state index >= 15 is 8.78 Å². The zero-order chi connectivity index (χ0) is 27.3. The molecule has 3 heterocycles. The second-order valence-corrected chi connectivity index (χ2v) is 11.0. The third kappa shape index (κ3) is 5.10. The van der Waals surface area contributed by atoms with Crippen LogP contribution >= 0.6 is 11.8 Å². The Hall–Kier alpha value is -3.51. The van der Waals surface area contributed by atoms with Crippen molar-refractivity contribution in [3.63, 3.8) is 0 Å². The summed E-state index contributed by atoms with van der Waals surface area (Å²) < 4.78 is 37.5. The summed E-state index contributed by atoms with van der Waals surface area (Å²) in [6.07, 6.45) is 7.95. The molecule has 0 aliphatic heterocycles. The first-order chi connectivity index (χ1) is 18.9. The number of hydrogen-bond acceptors (Lipinski definition) is 8. The summed E-state index contributed by atoms with van der Waals surface area (Å²) in [6.45, 7) is 0.341. The minimum Gasteiger partial charge on any atom is -0.377 e. The van der Waals surface area contributed by atoms with Gasteiger partial charge in [0.05, 0.1) is 0 Å². The molecule has 39 heavy (non-hydrogen) atoms. The van der Waals surface area contributed by atoms with Crippen molar-refractivity contribution in [1.29, 1.82) is 0 Å². The topological polar surface area (TPSA) is 96.8 Å². The molecule has 9 nitrogen and oxygen atoms in total. The first kappa shape index (κ1) is 25.8. The van der Waals surface area contributed by atoms with E-state index in [0.29, 0.717) is 40.4 Å². The number of H-pyrrole nitrogens is 1. The molecule has 6 rings (SSSR count). The third-order valence-electron chi connectivity index (χ3n) is 7.13. The maximum Gasteiger partial charge on any atom is 0.232 e. The lowest BCUT2D eigenvalue weighted by Crippen LogP contribution is -2.18. The maximum absolute atomic E-state index is 15.1. The average Bonchev–Trinajstić information content (AvgIpc) is 3.85. The number of anilines is 4. The van der Waals surface area contributed by atoms with Gasteiger partial charge in [0.2, 0.25) is 5.95 Å². The fourth-order valence-corrected chi connectivity index (χ4v) is 5.19. The van der Waals surface area contributed by atoms with Crippen LogP contribution in [0.4, 0.5) is 32.1 Å². The second-order valence-electron chi connectivity index (χ2n) is 10.1. The molecular weight excluding hydrogens is 522 g/mol. The quantitative estimate of drug-likeness (QED) is 0.231. The molecule has 0 unspecified atom stereocenters. The summed E-state index contributed by atoms with van der Waals surface area (Å²) in [4.78, 5) is 16.3. The molecule has 3 aromatic heterocycles. The minimum absolute atomic E-state index is 0.142. The van der Waals surface area contributed by atoms with Gasteiger partial charge in [-0.25, -0.2) is 18.7 Å². The molecule has 12 heteroatoms. The molecule has 0 saturated heterocycles. The number of halogens is 2. The van der Waals surface area contributed by atoms with Crippen molar-refractivity contribution in [1.82, 2.24) is 29.7 Å². The number of benzene rings is 1. The third-order valence-corrected chi connectivity index (χ3v) is 7.84. The number of hydrogen-bond donors (Lipinski definition) is 2. The number of imidazole rings is 1. The fraction of sp³-hybridized carbons (Fsp3) is 0.407. The monoisotopic (exact) mass is 552 g/mol. The van der Waals surface area contributed by atoms with Gasteiger partial charge in [-0.3, -0.25) is 5.10 Å². The highest BCUT2D eigenvalue weighted by Crippen LogP contribution is 2.48. The SMILES string of the molecule is COCc1nc(-c2nc(N(C)c3c(F)cc(SC)cc3F)nc(Nc3cc(C4CC4)[nH]n3)c2C2CC2)cn1C. The number of methoxy groups -OCH3 is 1. The van der Waals surface area contributed by atoms with Crippen LogP contribution in [-0.4, -0.2) is 50.1 Å². The van der Waals surface area contributed by atoms with Crippen molar-refractivity contribution in [3.05, 3.63) is 53.1 Å². The second kappa shape index (κ2) is 10.2. The zero-order valence-corrected chi connectivity index (χ0v) is 23.1. The molecule has 2 saturated carbocycles. The van der Waals surface area contributed by atoms with Gasteiger partial charge >= 0.3 is 0 Å². The van der Waals surface area contributed by atoms with E-state index in [1.807, 2.05) is 23.9 Å². The molecule has 1 aromatic carbocycles. The fourth-order valence-electron chi connectivity index (χ4n) is 4.74. The van der Waals surface area contributed by atoms with E-state index in [-0.39, 0.29) is 17.6 Å². The molecule has 0 spiro atoms. The van der Waals surface area contributed by atoms with Crippen LogP contribution in [0, 0.1) is 11.6 Å². The molecule has 2 fully saturated rings. The Morgan fingerprint density at radius 1 is 1.10 bits per heavy atom. The van der Waals surface area contributed by atoms with Crippen molar-refractivity contribution in [3.8, 4) is 11.4 Å². The van der Waals surface area contributed by atoms with Gasteiger partial charge in [0.15, 0.2) is 17.5 Å². The number of aryl methyl sites for hydroxylation is 1. The number of aromatic nitrogens is 6. The van der Waals surface area contributed by atoms with E-state index in [9.17, 15) is 0 Å². The molecule has 4 aromatic rings. The molecule has 2 aliphatic rings. The van der Waals surface area contributed by atoms with Crippen LogP contribution in [0.1, 0.15) is 54.6 Å². The number of nitrogens with one attached hydrogen (secondary N) is 2. The van der Waals surface area contributed by atoms with Gasteiger partial charge in [0.1, 0.15) is 35.3 Å². The Bertz CT molecular complexity index is 1510. The first-order valence-electron chi connectivity index (χ1n) is 12.9. The van der Waals surface area contributed by atoms with Crippen molar-refractivity contribution in [2.75, 3.05) is 30.6 Å². The summed E-state index contributed by atoms with van der Waals surface area (Å²) in [7, 11) is 5.08. The Morgan fingerprint density at radius 3 is 2.46 bits per heavy atom. The predicted molar refractivity (Wildman–Crippen MR) is 147 cm³/mol. The predicted octanol–water partition coefficient (Wildman–Crippen LogP) is 6.01. The lowest BCUT2D eigenvalue weighted by molar-refractivity contribution is 0.175. The lowest BCUT2D eigenvalue weighted by atomic mass is 10.1. The Kier molecular flexibility index (Phi) is 6.76. The minimum atomic E-state index is -0.686. The Balaban J connectivity index is 1.49. The largest absolute Gasteiger partial charge is 0.377 e. The van der Waals surface area contributed by atoms with Crippen LogP contribution in [0.25, 0.3) is 11.4 Å². The van der Waals surface area contributed by atoms with E-state index in [0.717, 1.165) is 42.8 Å². The van der Waals surface area contributed by atoms with Crippen molar-refractivity contribution < 1.29 is 13.5 Å². The van der Waals surface area contributed by atoms with Crippen molar-refractivity contribution in [2.45, 2.75) is 49.0 Å². The maximum atomic E-state index is 15.1. The molecule has 0 radical (unpaired) electrons. The van der Waals surface area contributed by atoms with Crippen molar-refractivity contribution >= 4 is 35.0 Å². The van der Waals surface area contributed by atoms with Gasteiger partial charge < -0.3 is 19.5 Å². The van der Waals surface area contributed by atoms with Gasteiger partial charge in [-0.05, 0) is 50.0 Å². The van der Waals surface area contributed by atoms with Gasteiger partial charge in [-0.15, -0.1) is 11.8 Å². The van der Waals surface area contributed by atoms with E-state index < -0.39 is 11.6 Å². The number of aromatic amines is 1. The summed E-state index contributed by atoms with van der Waals surface area (Å²) >= 11 is 1.27. The number of ether oxygens (including phenoxy) is 1. The van der Waals surface area contributed by atoms with E-state index in [2.05, 4.69) is 15.5 Å². The Morgan fingerprint density at radius 2 is 1.82 bits per heavy atom. The summed E-state index contributed by atoms with van der Waals surface area (Å²) in [6, 6.07) is 4.63. The molecule has 0 amide bonds. The highest BCUT2D eigenvalue weighted by molar-refractivity contribution is 7.98. The molecule has 204 valence electrons. The molecular formula is C27H30F2N8OS. The zero-order valence-electron chi connectivity index (χ0n) is 22.3. The summed E-state index contributed by atoms with van der Waals surface area (Å²) in [5.74, 6) is 1.46. The van der Waals surface area contributed by atoms with Crippen LogP contribution in [0.2, 0.25) is 0 Å². The van der Waals surface area contributed by atoms with E-state index in [1.54, 1.807) is 20.4 Å². The highest BCUT2D eigenvalue weighted by atomic mass is 32.2. The van der Waals surface area contributed by atoms with E-state index in [1.165, 1.54) is 28.8 Å². The Labute approximate surface area is 229 Å². The van der Waals surface area contributed by atoms with Crippen LogP contribution in [0.5, 0.6) is 0 Å². The molecule has 0 bridgehead atoms. The lowest BCUT2D eigenvalue weighted by Gasteiger charge is -2.22. The number of nitrogens with zero attached hydrogens (tertiary/aromatic N) is 6. The van der Waals surface area contributed by atoms with Gasteiger partial charge in [0, 0.05) is 55.5 Å². The van der Waals surface area contributed by atoms with Gasteiger partial charge in [-0.1, -0.05) is 0 Å². The summed E-state index contributed by atoms with van der Waals surface area (Å²) in [5.41, 5.74) is 3.05. The molecule has 2 aliphatic carbocycles. The molecule has 2 N–H and O–H groups in total. The van der Waals surface area contributed by atoms with E-state index in [4.69, 9.17) is 19.7 Å². The first-order valence-corrected chi connectivity index (χ1v) is 14.1. The summed E-state index contributed by atoms with van der Waals surface area (Å²) in [5, 5.41) is 10.9. The smallest absolute Gasteiger partial charge is 0.232 e. The van der Waals surface area contributed by atoms with Crippen molar-refractivity contribution in [2.24, 2.45) is 7.05 Å². The normalized spacial score (nSPS) is 15.1. The van der Waals surface area contributed by atoms with Crippen LogP contribution in [0.3, 0.4) is 0 Å². The molecule has 0 atom stereocenters. The van der Waals surface area contributed by atoms with Gasteiger partial charge in [0.25, 0.3) is 0 Å². The van der Waals surface area contributed by atoms with Crippen LogP contribution in [-0.2, 0) is 18.4 Å².